The Morgan fingerprint density at radius 2 is 2.09 bits per heavy atom. The van der Waals surface area contributed by atoms with Crippen molar-refractivity contribution in [2.24, 2.45) is 5.16 Å². The molecule has 0 saturated carbocycles. The van der Waals surface area contributed by atoms with Gasteiger partial charge < -0.3 is 10.2 Å². The second-order valence-corrected chi connectivity index (χ2v) is 4.39. The molecular weight excluding hydrogens is 304 g/mol. The summed E-state index contributed by atoms with van der Waals surface area (Å²) in [5, 5.41) is 14.5. The second kappa shape index (κ2) is 7.66. The van der Waals surface area contributed by atoms with E-state index in [1.165, 1.54) is 0 Å². The van der Waals surface area contributed by atoms with Crippen molar-refractivity contribution in [2.45, 2.75) is 6.61 Å². The number of carbonyl (C=O) groups excluding carboxylic acids is 1. The van der Waals surface area contributed by atoms with Gasteiger partial charge >= 0.3 is 0 Å². The van der Waals surface area contributed by atoms with E-state index in [0.717, 1.165) is 18.3 Å². The van der Waals surface area contributed by atoms with Crippen LogP contribution in [0.15, 0.2) is 47.6 Å². The van der Waals surface area contributed by atoms with Gasteiger partial charge in [0.25, 0.3) is 5.91 Å². The minimum Gasteiger partial charge on any atom is -0.391 e. The first kappa shape index (κ1) is 16.1. The van der Waals surface area contributed by atoms with Crippen LogP contribution in [0.1, 0.15) is 11.1 Å². The van der Waals surface area contributed by atoms with Crippen molar-refractivity contribution in [1.29, 1.82) is 5.26 Å². The van der Waals surface area contributed by atoms with Crippen LogP contribution >= 0.6 is 0 Å². The van der Waals surface area contributed by atoms with Crippen LogP contribution in [0.4, 0.5) is 14.5 Å². The SMILES string of the molecule is N#Cc1ccccc1CON=CC(=O)Nc1ccc(F)cc1F. The smallest absolute Gasteiger partial charge is 0.270 e. The largest absolute Gasteiger partial charge is 0.391 e. The van der Waals surface area contributed by atoms with Gasteiger partial charge in [-0.1, -0.05) is 23.4 Å². The maximum absolute atomic E-state index is 13.3. The van der Waals surface area contributed by atoms with Crippen LogP contribution in [0.3, 0.4) is 0 Å². The molecule has 1 amide bonds. The molecule has 2 aromatic carbocycles. The molecule has 0 spiro atoms. The summed E-state index contributed by atoms with van der Waals surface area (Å²) in [4.78, 5) is 16.5. The monoisotopic (exact) mass is 315 g/mol. The van der Waals surface area contributed by atoms with Gasteiger partial charge in [0, 0.05) is 11.6 Å². The molecule has 0 heterocycles. The van der Waals surface area contributed by atoms with E-state index in [-0.39, 0.29) is 12.3 Å². The summed E-state index contributed by atoms with van der Waals surface area (Å²) in [6.45, 7) is 0.0123. The Bertz CT molecular complexity index is 785. The van der Waals surface area contributed by atoms with Crippen molar-refractivity contribution < 1.29 is 18.4 Å². The van der Waals surface area contributed by atoms with Crippen molar-refractivity contribution in [2.75, 3.05) is 5.32 Å². The van der Waals surface area contributed by atoms with Crippen LogP contribution in [-0.2, 0) is 16.2 Å². The number of benzene rings is 2. The summed E-state index contributed by atoms with van der Waals surface area (Å²) in [5.74, 6) is -2.37. The molecule has 7 heteroatoms. The molecule has 0 saturated heterocycles. The van der Waals surface area contributed by atoms with Crippen LogP contribution in [0, 0.1) is 23.0 Å². The highest BCUT2D eigenvalue weighted by atomic mass is 19.1. The van der Waals surface area contributed by atoms with Crippen LogP contribution in [-0.4, -0.2) is 12.1 Å². The number of nitrogens with zero attached hydrogens (tertiary/aromatic N) is 2. The predicted octanol–water partition coefficient (Wildman–Crippen LogP) is 2.98. The minimum atomic E-state index is -0.893. The Labute approximate surface area is 130 Å². The van der Waals surface area contributed by atoms with E-state index in [1.807, 2.05) is 6.07 Å². The molecule has 0 aliphatic rings. The molecule has 0 atom stereocenters. The third-order valence-corrected chi connectivity index (χ3v) is 2.79. The quantitative estimate of drug-likeness (QED) is 0.681. The molecule has 0 aliphatic carbocycles. The maximum Gasteiger partial charge on any atom is 0.270 e. The van der Waals surface area contributed by atoms with E-state index in [2.05, 4.69) is 10.5 Å². The third-order valence-electron chi connectivity index (χ3n) is 2.79. The fraction of sp³-hybridized carbons (Fsp3) is 0.0625. The zero-order valence-electron chi connectivity index (χ0n) is 11.8. The summed E-state index contributed by atoms with van der Waals surface area (Å²) in [5.41, 5.74) is 0.898. The molecule has 5 nitrogen and oxygen atoms in total. The van der Waals surface area contributed by atoms with Gasteiger partial charge in [0.2, 0.25) is 0 Å². The number of anilines is 1. The van der Waals surface area contributed by atoms with E-state index in [0.29, 0.717) is 17.2 Å². The Morgan fingerprint density at radius 1 is 1.30 bits per heavy atom. The minimum absolute atomic E-state index is 0.0123. The Hall–Kier alpha value is -3.27. The summed E-state index contributed by atoms with van der Waals surface area (Å²) < 4.78 is 26.1. The number of rotatable bonds is 5. The predicted molar refractivity (Wildman–Crippen MR) is 79.4 cm³/mol. The molecule has 116 valence electrons. The Morgan fingerprint density at radius 3 is 2.83 bits per heavy atom. The Balaban J connectivity index is 1.88. The zero-order chi connectivity index (χ0) is 16.7. The summed E-state index contributed by atoms with van der Waals surface area (Å²) in [7, 11) is 0. The second-order valence-electron chi connectivity index (χ2n) is 4.39. The van der Waals surface area contributed by atoms with Crippen LogP contribution in [0.5, 0.6) is 0 Å². The Kier molecular flexibility index (Phi) is 5.36. The maximum atomic E-state index is 13.3. The lowest BCUT2D eigenvalue weighted by molar-refractivity contribution is -0.110. The van der Waals surface area contributed by atoms with Gasteiger partial charge in [0.1, 0.15) is 24.5 Å². The van der Waals surface area contributed by atoms with Crippen molar-refractivity contribution in [1.82, 2.24) is 0 Å². The number of hydrogen-bond donors (Lipinski definition) is 1. The lowest BCUT2D eigenvalue weighted by Gasteiger charge is -2.03. The summed E-state index contributed by atoms with van der Waals surface area (Å²) >= 11 is 0. The van der Waals surface area contributed by atoms with Gasteiger partial charge in [-0.3, -0.25) is 4.79 Å². The zero-order valence-corrected chi connectivity index (χ0v) is 11.8. The molecule has 2 aromatic rings. The molecule has 0 radical (unpaired) electrons. The molecule has 0 aromatic heterocycles. The molecular formula is C16H11F2N3O2. The molecule has 23 heavy (non-hydrogen) atoms. The van der Waals surface area contributed by atoms with Gasteiger partial charge in [-0.2, -0.15) is 5.26 Å². The van der Waals surface area contributed by atoms with E-state index >= 15 is 0 Å². The lowest BCUT2D eigenvalue weighted by atomic mass is 10.1. The molecule has 0 aliphatic heterocycles. The number of nitrogens with one attached hydrogen (secondary N) is 1. The third kappa shape index (κ3) is 4.61. The van der Waals surface area contributed by atoms with Crippen LogP contribution in [0.25, 0.3) is 0 Å². The van der Waals surface area contributed by atoms with E-state index in [4.69, 9.17) is 10.1 Å². The number of hydrogen-bond acceptors (Lipinski definition) is 4. The number of amides is 1. The average molecular weight is 315 g/mol. The van der Waals surface area contributed by atoms with Gasteiger partial charge in [0.15, 0.2) is 0 Å². The van der Waals surface area contributed by atoms with Crippen LogP contribution < -0.4 is 5.32 Å². The van der Waals surface area contributed by atoms with Gasteiger partial charge in [-0.15, -0.1) is 0 Å². The molecule has 0 fully saturated rings. The number of halogens is 2. The normalized spacial score (nSPS) is 10.3. The first-order valence-electron chi connectivity index (χ1n) is 6.49. The van der Waals surface area contributed by atoms with E-state index in [1.54, 1.807) is 24.3 Å². The fourth-order valence-electron chi connectivity index (χ4n) is 1.70. The van der Waals surface area contributed by atoms with Gasteiger partial charge in [0.05, 0.1) is 17.3 Å². The topological polar surface area (TPSA) is 74.5 Å². The van der Waals surface area contributed by atoms with Crippen molar-refractivity contribution in [3.63, 3.8) is 0 Å². The first-order valence-corrected chi connectivity index (χ1v) is 6.49. The number of carbonyl (C=O) groups is 1. The molecule has 0 unspecified atom stereocenters. The van der Waals surface area contributed by atoms with Crippen molar-refractivity contribution in [3.8, 4) is 6.07 Å². The molecule has 0 bridgehead atoms. The fourth-order valence-corrected chi connectivity index (χ4v) is 1.70. The van der Waals surface area contributed by atoms with Gasteiger partial charge in [-0.05, 0) is 18.2 Å². The molecule has 2 rings (SSSR count). The summed E-state index contributed by atoms with van der Waals surface area (Å²) in [6.07, 6.45) is 0.817. The number of oxime groups is 1. The standard InChI is InChI=1S/C16H11F2N3O2/c17-13-5-6-15(14(18)7-13)21-16(22)9-20-23-10-12-4-2-1-3-11(12)8-19/h1-7,9H,10H2,(H,21,22). The highest BCUT2D eigenvalue weighted by Gasteiger charge is 2.06. The highest BCUT2D eigenvalue weighted by molar-refractivity contribution is 6.31. The van der Waals surface area contributed by atoms with Crippen LogP contribution in [0.2, 0.25) is 0 Å². The lowest BCUT2D eigenvalue weighted by Crippen LogP contribution is -2.14. The van der Waals surface area contributed by atoms with Gasteiger partial charge in [-0.25, -0.2) is 8.78 Å². The van der Waals surface area contributed by atoms with Crippen molar-refractivity contribution in [3.05, 3.63) is 65.2 Å². The van der Waals surface area contributed by atoms with E-state index in [9.17, 15) is 13.6 Å². The average Bonchev–Trinajstić information content (AvgIpc) is 2.54. The number of nitriles is 1. The summed E-state index contributed by atoms with van der Waals surface area (Å²) in [6, 6.07) is 11.6. The van der Waals surface area contributed by atoms with Crippen molar-refractivity contribution >= 4 is 17.8 Å². The first-order chi connectivity index (χ1) is 11.1. The highest BCUT2D eigenvalue weighted by Crippen LogP contribution is 2.14. The van der Waals surface area contributed by atoms with E-state index < -0.39 is 17.5 Å². The molecule has 1 N–H and O–H groups in total.